The molecule has 0 aliphatic heterocycles. The van der Waals surface area contributed by atoms with Gasteiger partial charge >= 0.3 is 0 Å². The van der Waals surface area contributed by atoms with Crippen molar-refractivity contribution in [1.29, 1.82) is 0 Å². The molecule has 2 aromatic heterocycles. The minimum atomic E-state index is 0.895. The normalized spacial score (nSPS) is 14.5. The molecule has 3 nitrogen and oxygen atoms in total. The number of aromatic amines is 1. The Balaban J connectivity index is 1.65. The van der Waals surface area contributed by atoms with Gasteiger partial charge in [-0.05, 0) is 55.0 Å². The first-order valence-corrected chi connectivity index (χ1v) is 7.94. The highest BCUT2D eigenvalue weighted by Gasteiger charge is 2.22. The van der Waals surface area contributed by atoms with Crippen molar-refractivity contribution in [2.75, 3.05) is 19.0 Å². The van der Waals surface area contributed by atoms with Crippen LogP contribution >= 0.6 is 0 Å². The summed E-state index contributed by atoms with van der Waals surface area (Å²) in [7, 11) is 4.12. The van der Waals surface area contributed by atoms with Crippen LogP contribution in [0.25, 0.3) is 22.2 Å². The van der Waals surface area contributed by atoms with E-state index in [4.69, 9.17) is 0 Å². The van der Waals surface area contributed by atoms with Crippen molar-refractivity contribution in [2.45, 2.75) is 19.3 Å². The zero-order chi connectivity index (χ0) is 15.1. The maximum absolute atomic E-state index is 4.60. The Morgan fingerprint density at radius 1 is 1.09 bits per heavy atom. The molecule has 1 fully saturated rings. The molecule has 0 radical (unpaired) electrons. The van der Waals surface area contributed by atoms with Gasteiger partial charge in [0.25, 0.3) is 0 Å². The number of hydrogen-bond acceptors (Lipinski definition) is 2. The van der Waals surface area contributed by atoms with Crippen LogP contribution in [0.2, 0.25) is 0 Å². The van der Waals surface area contributed by atoms with Gasteiger partial charge in [0.1, 0.15) is 5.65 Å². The second-order valence-electron chi connectivity index (χ2n) is 6.55. The van der Waals surface area contributed by atoms with Gasteiger partial charge < -0.3 is 9.88 Å². The molecule has 0 unspecified atom stereocenters. The van der Waals surface area contributed by atoms with Crippen molar-refractivity contribution in [2.24, 2.45) is 5.92 Å². The lowest BCUT2D eigenvalue weighted by atomic mass is 10.1. The second kappa shape index (κ2) is 5.16. The lowest BCUT2D eigenvalue weighted by Crippen LogP contribution is -2.07. The summed E-state index contributed by atoms with van der Waals surface area (Å²) in [6.07, 6.45) is 5.90. The molecule has 0 saturated heterocycles. The van der Waals surface area contributed by atoms with E-state index >= 15 is 0 Å². The van der Waals surface area contributed by atoms with E-state index in [0.29, 0.717) is 0 Å². The quantitative estimate of drug-likeness (QED) is 0.779. The summed E-state index contributed by atoms with van der Waals surface area (Å²) in [5, 5.41) is 1.21. The minimum absolute atomic E-state index is 0.895. The van der Waals surface area contributed by atoms with E-state index in [0.717, 1.165) is 11.6 Å². The van der Waals surface area contributed by atoms with Gasteiger partial charge in [-0.15, -0.1) is 0 Å². The third-order valence-electron chi connectivity index (χ3n) is 4.45. The molecule has 0 bridgehead atoms. The average Bonchev–Trinajstić information content (AvgIpc) is 3.24. The van der Waals surface area contributed by atoms with Crippen molar-refractivity contribution >= 4 is 16.7 Å². The van der Waals surface area contributed by atoms with Crippen LogP contribution in [0.1, 0.15) is 18.5 Å². The number of benzene rings is 1. The molecule has 1 saturated carbocycles. The second-order valence-corrected chi connectivity index (χ2v) is 6.55. The van der Waals surface area contributed by atoms with Crippen LogP contribution < -0.4 is 4.90 Å². The van der Waals surface area contributed by atoms with Gasteiger partial charge in [-0.25, -0.2) is 4.98 Å². The SMILES string of the molecule is CN(C)c1ccc(-c2cnc3[nH]c(CC4CC4)cc3c2)cc1. The number of pyridine rings is 1. The number of nitrogens with one attached hydrogen (secondary N) is 1. The molecular weight excluding hydrogens is 270 g/mol. The largest absolute Gasteiger partial charge is 0.378 e. The summed E-state index contributed by atoms with van der Waals surface area (Å²) in [6, 6.07) is 13.1. The van der Waals surface area contributed by atoms with Crippen LogP contribution in [0.4, 0.5) is 5.69 Å². The fourth-order valence-electron chi connectivity index (χ4n) is 2.92. The maximum Gasteiger partial charge on any atom is 0.137 e. The van der Waals surface area contributed by atoms with Crippen LogP contribution in [0.5, 0.6) is 0 Å². The fourth-order valence-corrected chi connectivity index (χ4v) is 2.92. The molecule has 1 aromatic carbocycles. The van der Waals surface area contributed by atoms with E-state index in [2.05, 4.69) is 65.4 Å². The molecule has 0 amide bonds. The van der Waals surface area contributed by atoms with E-state index in [1.165, 1.54) is 47.2 Å². The zero-order valence-electron chi connectivity index (χ0n) is 13.1. The Bertz CT molecular complexity index is 795. The molecule has 0 spiro atoms. The van der Waals surface area contributed by atoms with E-state index < -0.39 is 0 Å². The van der Waals surface area contributed by atoms with Crippen LogP contribution in [-0.2, 0) is 6.42 Å². The van der Waals surface area contributed by atoms with Gasteiger partial charge in [0.2, 0.25) is 0 Å². The number of hydrogen-bond donors (Lipinski definition) is 1. The van der Waals surface area contributed by atoms with Gasteiger partial charge in [0, 0.05) is 42.6 Å². The van der Waals surface area contributed by atoms with Crippen LogP contribution in [0, 0.1) is 5.92 Å². The molecule has 4 rings (SSSR count). The standard InChI is InChI=1S/C19H21N3/c1-22(2)18-7-5-14(6-8-18)16-10-15-11-17(9-13-3-4-13)21-19(15)20-12-16/h5-8,10-13H,3-4,9H2,1-2H3,(H,20,21). The van der Waals surface area contributed by atoms with E-state index in [1.54, 1.807) is 0 Å². The molecule has 1 N–H and O–H groups in total. The molecular formula is C19H21N3. The first kappa shape index (κ1) is 13.4. The van der Waals surface area contributed by atoms with Gasteiger partial charge in [0.15, 0.2) is 0 Å². The molecule has 112 valence electrons. The lowest BCUT2D eigenvalue weighted by Gasteiger charge is -2.12. The highest BCUT2D eigenvalue weighted by atomic mass is 15.1. The molecule has 0 atom stereocenters. The summed E-state index contributed by atoms with van der Waals surface area (Å²) in [5.41, 5.74) is 5.93. The van der Waals surface area contributed by atoms with E-state index in [-0.39, 0.29) is 0 Å². The predicted molar refractivity (Wildman–Crippen MR) is 92.3 cm³/mol. The van der Waals surface area contributed by atoms with Crippen LogP contribution in [0.15, 0.2) is 42.6 Å². The first-order chi connectivity index (χ1) is 10.7. The number of fused-ring (bicyclic) bond motifs is 1. The molecule has 1 aliphatic rings. The van der Waals surface area contributed by atoms with Gasteiger partial charge in [-0.3, -0.25) is 0 Å². The predicted octanol–water partition coefficient (Wildman–Crippen LogP) is 4.25. The summed E-state index contributed by atoms with van der Waals surface area (Å²) >= 11 is 0. The van der Waals surface area contributed by atoms with Gasteiger partial charge in [-0.1, -0.05) is 12.1 Å². The van der Waals surface area contributed by atoms with Crippen molar-refractivity contribution in [3.8, 4) is 11.1 Å². The number of nitrogens with zero attached hydrogens (tertiary/aromatic N) is 2. The van der Waals surface area contributed by atoms with Crippen LogP contribution in [-0.4, -0.2) is 24.1 Å². The molecule has 3 aromatic rings. The summed E-state index contributed by atoms with van der Waals surface area (Å²) in [6.45, 7) is 0. The Morgan fingerprint density at radius 2 is 1.86 bits per heavy atom. The first-order valence-electron chi connectivity index (χ1n) is 7.94. The average molecular weight is 291 g/mol. The monoisotopic (exact) mass is 291 g/mol. The van der Waals surface area contributed by atoms with Crippen LogP contribution in [0.3, 0.4) is 0 Å². The maximum atomic E-state index is 4.60. The van der Waals surface area contributed by atoms with Crippen molar-refractivity contribution in [3.63, 3.8) is 0 Å². The summed E-state index contributed by atoms with van der Waals surface area (Å²) in [5.74, 6) is 0.895. The topological polar surface area (TPSA) is 31.9 Å². The Kier molecular flexibility index (Phi) is 3.14. The van der Waals surface area contributed by atoms with Gasteiger partial charge in [-0.2, -0.15) is 0 Å². The highest BCUT2D eigenvalue weighted by molar-refractivity contribution is 5.82. The number of anilines is 1. The zero-order valence-corrected chi connectivity index (χ0v) is 13.1. The number of aromatic nitrogens is 2. The minimum Gasteiger partial charge on any atom is -0.378 e. The number of rotatable bonds is 4. The van der Waals surface area contributed by atoms with Gasteiger partial charge in [0.05, 0.1) is 0 Å². The molecule has 3 heteroatoms. The van der Waals surface area contributed by atoms with Crippen molar-refractivity contribution in [1.82, 2.24) is 9.97 Å². The smallest absolute Gasteiger partial charge is 0.137 e. The summed E-state index contributed by atoms with van der Waals surface area (Å²) < 4.78 is 0. The molecule has 1 aliphatic carbocycles. The number of H-pyrrole nitrogens is 1. The van der Waals surface area contributed by atoms with Crippen molar-refractivity contribution < 1.29 is 0 Å². The van der Waals surface area contributed by atoms with E-state index in [1.807, 2.05) is 6.20 Å². The fraction of sp³-hybridized carbons (Fsp3) is 0.316. The molecule has 2 heterocycles. The Morgan fingerprint density at radius 3 is 2.55 bits per heavy atom. The summed E-state index contributed by atoms with van der Waals surface area (Å²) in [4.78, 5) is 10.2. The highest BCUT2D eigenvalue weighted by Crippen LogP contribution is 2.33. The van der Waals surface area contributed by atoms with E-state index in [9.17, 15) is 0 Å². The third-order valence-corrected chi connectivity index (χ3v) is 4.45. The Labute approximate surface area is 131 Å². The Hall–Kier alpha value is -2.29. The third kappa shape index (κ3) is 2.59. The lowest BCUT2D eigenvalue weighted by molar-refractivity contribution is 0.812. The van der Waals surface area contributed by atoms with Crippen molar-refractivity contribution in [3.05, 3.63) is 48.3 Å². The molecule has 22 heavy (non-hydrogen) atoms.